The molecule has 0 aromatic rings. The molecule has 0 aromatic carbocycles. The molecule has 0 aliphatic heterocycles. The lowest BCUT2D eigenvalue weighted by atomic mass is 10.0. The van der Waals surface area contributed by atoms with Gasteiger partial charge in [-0.15, -0.1) is 0 Å². The van der Waals surface area contributed by atoms with E-state index in [1.807, 2.05) is 13.1 Å². The van der Waals surface area contributed by atoms with Crippen LogP contribution in [0.25, 0.3) is 0 Å². The first kappa shape index (κ1) is 22.7. The van der Waals surface area contributed by atoms with Gasteiger partial charge in [-0.1, -0.05) is 96.8 Å². The Hall–Kier alpha value is -0.313. The maximum absolute atomic E-state index is 11.4. The van der Waals surface area contributed by atoms with Gasteiger partial charge in [0.1, 0.15) is 0 Å². The lowest BCUT2D eigenvalue weighted by Crippen LogP contribution is -2.14. The standard InChI is InChI=1S/C20H41O2Si/c1-4-5-6-7-8-9-10-11-12-13-14-15-16-17-18-19-20(21)22-23(2)3/h4-19H2,1-3H3. The minimum Gasteiger partial charge on any atom is -0.518 e. The average molecular weight is 342 g/mol. The van der Waals surface area contributed by atoms with E-state index in [-0.39, 0.29) is 5.97 Å². The van der Waals surface area contributed by atoms with E-state index in [2.05, 4.69) is 6.92 Å². The molecule has 0 aliphatic carbocycles. The normalized spacial score (nSPS) is 11.1. The SMILES string of the molecule is CCCCCCCCCCCCCCCCCC(=O)O[Si](C)C. The Morgan fingerprint density at radius 2 is 1.00 bits per heavy atom. The summed E-state index contributed by atoms with van der Waals surface area (Å²) in [6.45, 7) is 6.30. The molecule has 0 atom stereocenters. The van der Waals surface area contributed by atoms with Gasteiger partial charge in [0.2, 0.25) is 0 Å². The summed E-state index contributed by atoms with van der Waals surface area (Å²) in [5.74, 6) is 0.0126. The minimum atomic E-state index is -0.853. The third kappa shape index (κ3) is 19.6. The fourth-order valence-electron chi connectivity index (χ4n) is 2.92. The van der Waals surface area contributed by atoms with Crippen molar-refractivity contribution in [1.82, 2.24) is 0 Å². The zero-order valence-electron chi connectivity index (χ0n) is 16.1. The van der Waals surface area contributed by atoms with Gasteiger partial charge in [0.05, 0.1) is 0 Å². The van der Waals surface area contributed by atoms with Crippen molar-refractivity contribution in [3.8, 4) is 0 Å². The molecule has 0 aromatic heterocycles. The highest BCUT2D eigenvalue weighted by Crippen LogP contribution is 2.13. The lowest BCUT2D eigenvalue weighted by Gasteiger charge is -2.06. The van der Waals surface area contributed by atoms with Gasteiger partial charge < -0.3 is 4.43 Å². The van der Waals surface area contributed by atoms with E-state index in [9.17, 15) is 4.79 Å². The van der Waals surface area contributed by atoms with Crippen LogP contribution in [0.1, 0.15) is 110 Å². The van der Waals surface area contributed by atoms with Crippen molar-refractivity contribution >= 4 is 15.0 Å². The molecule has 0 rings (SSSR count). The van der Waals surface area contributed by atoms with Gasteiger partial charge in [-0.05, 0) is 19.5 Å². The Kier molecular flexibility index (Phi) is 17.8. The molecule has 0 fully saturated rings. The number of hydrogen-bond acceptors (Lipinski definition) is 2. The summed E-state index contributed by atoms with van der Waals surface area (Å²) < 4.78 is 5.23. The summed E-state index contributed by atoms with van der Waals surface area (Å²) in [6.07, 6.45) is 21.0. The van der Waals surface area contributed by atoms with E-state index >= 15 is 0 Å². The smallest absolute Gasteiger partial charge is 0.292 e. The first-order valence-electron chi connectivity index (χ1n) is 10.2. The number of unbranched alkanes of at least 4 members (excludes halogenated alkanes) is 14. The van der Waals surface area contributed by atoms with Crippen LogP contribution in [0.3, 0.4) is 0 Å². The molecular weight excluding hydrogens is 300 g/mol. The molecule has 0 spiro atoms. The average Bonchev–Trinajstić information content (AvgIpc) is 2.50. The Morgan fingerprint density at radius 3 is 1.35 bits per heavy atom. The van der Waals surface area contributed by atoms with Gasteiger partial charge in [0, 0.05) is 6.42 Å². The van der Waals surface area contributed by atoms with Crippen LogP contribution in [0.5, 0.6) is 0 Å². The topological polar surface area (TPSA) is 26.3 Å². The van der Waals surface area contributed by atoms with Crippen molar-refractivity contribution in [2.75, 3.05) is 0 Å². The summed E-state index contributed by atoms with van der Waals surface area (Å²) in [4.78, 5) is 11.4. The minimum absolute atomic E-state index is 0.0126. The molecule has 137 valence electrons. The molecule has 2 nitrogen and oxygen atoms in total. The van der Waals surface area contributed by atoms with Crippen molar-refractivity contribution in [1.29, 1.82) is 0 Å². The van der Waals surface area contributed by atoms with Gasteiger partial charge in [-0.3, -0.25) is 4.79 Å². The van der Waals surface area contributed by atoms with Crippen molar-refractivity contribution in [2.45, 2.75) is 123 Å². The predicted molar refractivity (Wildman–Crippen MR) is 103 cm³/mol. The maximum atomic E-state index is 11.4. The fraction of sp³-hybridized carbons (Fsp3) is 0.950. The molecule has 1 radical (unpaired) electrons. The Morgan fingerprint density at radius 1 is 0.652 bits per heavy atom. The first-order valence-corrected chi connectivity index (χ1v) is 12.6. The van der Waals surface area contributed by atoms with E-state index in [4.69, 9.17) is 4.43 Å². The fourth-order valence-corrected chi connectivity index (χ4v) is 3.48. The summed E-state index contributed by atoms with van der Waals surface area (Å²) in [5.41, 5.74) is 0. The van der Waals surface area contributed by atoms with Gasteiger partial charge in [-0.25, -0.2) is 0 Å². The van der Waals surface area contributed by atoms with Crippen molar-refractivity contribution < 1.29 is 9.22 Å². The third-order valence-corrected chi connectivity index (χ3v) is 4.94. The highest BCUT2D eigenvalue weighted by atomic mass is 28.3. The molecule has 3 heteroatoms. The summed E-state index contributed by atoms with van der Waals surface area (Å²) in [5, 5.41) is 0. The first-order chi connectivity index (χ1) is 11.2. The Balaban J connectivity index is 3.06. The van der Waals surface area contributed by atoms with Gasteiger partial charge >= 0.3 is 0 Å². The van der Waals surface area contributed by atoms with E-state index < -0.39 is 9.04 Å². The number of carbonyl (C=O) groups is 1. The van der Waals surface area contributed by atoms with Crippen LogP contribution in [0.4, 0.5) is 0 Å². The van der Waals surface area contributed by atoms with Crippen LogP contribution in [0.15, 0.2) is 0 Å². The number of rotatable bonds is 17. The molecular formula is C20H41O2Si. The van der Waals surface area contributed by atoms with Crippen LogP contribution in [-0.2, 0) is 9.22 Å². The zero-order chi connectivity index (χ0) is 17.2. The maximum Gasteiger partial charge on any atom is 0.292 e. The second-order valence-corrected chi connectivity index (χ2v) is 9.10. The molecule has 0 heterocycles. The van der Waals surface area contributed by atoms with E-state index in [1.54, 1.807) is 0 Å². The zero-order valence-corrected chi connectivity index (χ0v) is 17.1. The van der Waals surface area contributed by atoms with Gasteiger partial charge in [0.25, 0.3) is 15.0 Å². The summed E-state index contributed by atoms with van der Waals surface area (Å²) in [6, 6.07) is 0. The molecule has 0 saturated heterocycles. The second-order valence-electron chi connectivity index (χ2n) is 7.08. The number of carbonyl (C=O) groups excluding carboxylic acids is 1. The summed E-state index contributed by atoms with van der Waals surface area (Å²) in [7, 11) is -0.853. The highest BCUT2D eigenvalue weighted by Gasteiger charge is 2.06. The molecule has 0 bridgehead atoms. The largest absolute Gasteiger partial charge is 0.518 e. The molecule has 0 amide bonds. The van der Waals surface area contributed by atoms with Crippen molar-refractivity contribution in [3.63, 3.8) is 0 Å². The van der Waals surface area contributed by atoms with Crippen molar-refractivity contribution in [3.05, 3.63) is 0 Å². The molecule has 0 N–H and O–H groups in total. The third-order valence-electron chi connectivity index (χ3n) is 4.30. The number of hydrogen-bond donors (Lipinski definition) is 0. The lowest BCUT2D eigenvalue weighted by molar-refractivity contribution is -0.134. The van der Waals surface area contributed by atoms with Gasteiger partial charge in [0.15, 0.2) is 0 Å². The van der Waals surface area contributed by atoms with Gasteiger partial charge in [-0.2, -0.15) is 0 Å². The highest BCUT2D eigenvalue weighted by molar-refractivity contribution is 6.50. The van der Waals surface area contributed by atoms with Crippen LogP contribution in [-0.4, -0.2) is 15.0 Å². The Bertz CT molecular complexity index is 254. The summed E-state index contributed by atoms with van der Waals surface area (Å²) >= 11 is 0. The van der Waals surface area contributed by atoms with E-state index in [1.165, 1.54) is 89.9 Å². The molecule has 0 aliphatic rings. The van der Waals surface area contributed by atoms with Crippen molar-refractivity contribution in [2.24, 2.45) is 0 Å². The molecule has 0 saturated carbocycles. The predicted octanol–water partition coefficient (Wildman–Crippen LogP) is 7.04. The van der Waals surface area contributed by atoms with E-state index in [0.717, 1.165) is 6.42 Å². The van der Waals surface area contributed by atoms with Crippen LogP contribution < -0.4 is 0 Å². The van der Waals surface area contributed by atoms with Crippen LogP contribution in [0, 0.1) is 0 Å². The monoisotopic (exact) mass is 341 g/mol. The second kappa shape index (κ2) is 18.0. The Labute approximate surface area is 147 Å². The molecule has 23 heavy (non-hydrogen) atoms. The van der Waals surface area contributed by atoms with Crippen LogP contribution in [0.2, 0.25) is 13.1 Å². The quantitative estimate of drug-likeness (QED) is 0.209. The molecule has 0 unspecified atom stereocenters. The van der Waals surface area contributed by atoms with E-state index in [0.29, 0.717) is 6.42 Å². The van der Waals surface area contributed by atoms with Crippen LogP contribution >= 0.6 is 0 Å².